The highest BCUT2D eigenvalue weighted by Crippen LogP contribution is 2.44. The molecule has 36 heavy (non-hydrogen) atoms. The molecule has 1 aliphatic rings. The maximum Gasteiger partial charge on any atom is 0.319 e. The van der Waals surface area contributed by atoms with Gasteiger partial charge in [-0.3, -0.25) is 14.4 Å². The number of esters is 1. The Bertz CT molecular complexity index is 1240. The topological polar surface area (TPSA) is 118 Å². The molecule has 0 spiro atoms. The first-order chi connectivity index (χ1) is 17.2. The number of carbonyl (C=O) groups is 3. The number of rotatable bonds is 8. The van der Waals surface area contributed by atoms with E-state index in [0.717, 1.165) is 18.9 Å². The van der Waals surface area contributed by atoms with E-state index in [1.165, 1.54) is 12.1 Å². The van der Waals surface area contributed by atoms with Crippen LogP contribution in [0.25, 0.3) is 0 Å². The first-order valence-electron chi connectivity index (χ1n) is 10.5. The van der Waals surface area contributed by atoms with Gasteiger partial charge in [0.15, 0.2) is 5.75 Å². The zero-order valence-electron chi connectivity index (χ0n) is 19.1. The normalized spacial score (nSPS) is 17.2. The summed E-state index contributed by atoms with van der Waals surface area (Å²) in [6, 6.07) is 11.6. The summed E-state index contributed by atoms with van der Waals surface area (Å²) in [6.45, 7) is 2.08. The van der Waals surface area contributed by atoms with Crippen molar-refractivity contribution in [2.75, 3.05) is 24.8 Å². The predicted octanol–water partition coefficient (Wildman–Crippen LogP) is 5.16. The third kappa shape index (κ3) is 6.26. The van der Waals surface area contributed by atoms with Gasteiger partial charge in [0.05, 0.1) is 46.2 Å². The minimum absolute atomic E-state index is 0.0607. The summed E-state index contributed by atoms with van der Waals surface area (Å²) in [5, 5.41) is 16.3. The third-order valence-corrected chi connectivity index (χ3v) is 6.96. The molecule has 0 saturated heterocycles. The van der Waals surface area contributed by atoms with E-state index in [1.807, 2.05) is 0 Å². The van der Waals surface area contributed by atoms with Gasteiger partial charge in [0.1, 0.15) is 5.92 Å². The van der Waals surface area contributed by atoms with Crippen LogP contribution in [0, 0.1) is 17.2 Å². The molecule has 1 heterocycles. The van der Waals surface area contributed by atoms with E-state index in [1.54, 1.807) is 31.2 Å². The van der Waals surface area contributed by atoms with Crippen molar-refractivity contribution in [2.45, 2.75) is 12.8 Å². The van der Waals surface area contributed by atoms with E-state index in [2.05, 4.69) is 16.7 Å². The molecule has 12 heteroatoms. The molecule has 2 aromatic carbocycles. The number of benzene rings is 2. The Kier molecular flexibility index (Phi) is 9.51. The van der Waals surface area contributed by atoms with Gasteiger partial charge in [0.25, 0.3) is 0 Å². The summed E-state index contributed by atoms with van der Waals surface area (Å²) >= 11 is 19.5. The van der Waals surface area contributed by atoms with Crippen LogP contribution in [0.4, 0.5) is 5.69 Å². The highest BCUT2D eigenvalue weighted by molar-refractivity contribution is 8.03. The van der Waals surface area contributed by atoms with Crippen molar-refractivity contribution in [2.24, 2.45) is 5.92 Å². The highest BCUT2D eigenvalue weighted by atomic mass is 35.5. The van der Waals surface area contributed by atoms with Crippen molar-refractivity contribution >= 4 is 70.0 Å². The molecule has 0 unspecified atom stereocenters. The number of hydrogen-bond acceptors (Lipinski definition) is 7. The van der Waals surface area contributed by atoms with Gasteiger partial charge in [-0.1, -0.05) is 46.6 Å². The van der Waals surface area contributed by atoms with Crippen LogP contribution >= 0.6 is 46.6 Å². The molecular weight excluding hydrogens is 549 g/mol. The molecule has 8 nitrogen and oxygen atoms in total. The Morgan fingerprint density at radius 1 is 1.17 bits per heavy atom. The van der Waals surface area contributed by atoms with Gasteiger partial charge < -0.3 is 20.1 Å². The number of hydrogen-bond donors (Lipinski definition) is 2. The summed E-state index contributed by atoms with van der Waals surface area (Å²) in [7, 11) is 1.14. The van der Waals surface area contributed by atoms with Crippen molar-refractivity contribution in [3.63, 3.8) is 0 Å². The number of thioether (sulfide) groups is 1. The first-order valence-corrected chi connectivity index (χ1v) is 12.6. The number of nitriles is 1. The summed E-state index contributed by atoms with van der Waals surface area (Å²) < 4.78 is 10.3. The Balaban J connectivity index is 1.96. The molecule has 0 aliphatic carbocycles. The molecule has 0 fully saturated rings. The van der Waals surface area contributed by atoms with Crippen LogP contribution in [0.2, 0.25) is 15.1 Å². The average molecular weight is 569 g/mol. The van der Waals surface area contributed by atoms with Crippen LogP contribution in [0.1, 0.15) is 18.4 Å². The second-order valence-electron chi connectivity index (χ2n) is 7.41. The zero-order chi connectivity index (χ0) is 26.4. The molecule has 188 valence electrons. The fraction of sp³-hybridized carbons (Fsp3) is 0.250. The van der Waals surface area contributed by atoms with E-state index < -0.39 is 23.7 Å². The van der Waals surface area contributed by atoms with Crippen molar-refractivity contribution in [1.82, 2.24) is 5.32 Å². The number of nitrogens with zero attached hydrogens (tertiary/aromatic N) is 1. The number of halogens is 3. The van der Waals surface area contributed by atoms with Gasteiger partial charge in [-0.2, -0.15) is 5.26 Å². The lowest BCUT2D eigenvalue weighted by Gasteiger charge is -2.31. The van der Waals surface area contributed by atoms with Gasteiger partial charge >= 0.3 is 5.97 Å². The molecule has 2 amide bonds. The molecule has 3 rings (SSSR count). The molecule has 2 aromatic rings. The summed E-state index contributed by atoms with van der Waals surface area (Å²) in [4.78, 5) is 38.0. The smallest absolute Gasteiger partial charge is 0.319 e. The fourth-order valence-corrected chi connectivity index (χ4v) is 5.18. The van der Waals surface area contributed by atoms with Crippen LogP contribution < -0.4 is 15.4 Å². The fourth-order valence-electron chi connectivity index (χ4n) is 3.59. The van der Waals surface area contributed by atoms with Crippen molar-refractivity contribution < 1.29 is 23.9 Å². The van der Waals surface area contributed by atoms with Crippen molar-refractivity contribution in [3.05, 3.63) is 67.6 Å². The third-order valence-electron chi connectivity index (χ3n) is 5.13. The van der Waals surface area contributed by atoms with Gasteiger partial charge in [-0.05, 0) is 48.9 Å². The lowest BCUT2D eigenvalue weighted by Crippen LogP contribution is -2.44. The summed E-state index contributed by atoms with van der Waals surface area (Å²) in [5.74, 6) is -4.20. The number of amides is 2. The Morgan fingerprint density at radius 2 is 1.81 bits per heavy atom. The van der Waals surface area contributed by atoms with Crippen molar-refractivity contribution in [1.29, 1.82) is 5.26 Å². The van der Waals surface area contributed by atoms with E-state index in [-0.39, 0.29) is 38.1 Å². The van der Waals surface area contributed by atoms with Gasteiger partial charge in [0.2, 0.25) is 11.8 Å². The molecule has 0 aromatic heterocycles. The summed E-state index contributed by atoms with van der Waals surface area (Å²) in [5.41, 5.74) is 0.944. The maximum absolute atomic E-state index is 13.0. The average Bonchev–Trinajstić information content (AvgIpc) is 2.85. The minimum Gasteiger partial charge on any atom is -0.491 e. The van der Waals surface area contributed by atoms with Crippen LogP contribution in [-0.2, 0) is 19.1 Å². The summed E-state index contributed by atoms with van der Waals surface area (Å²) in [6.07, 6.45) is 0. The van der Waals surface area contributed by atoms with E-state index in [0.29, 0.717) is 22.9 Å². The van der Waals surface area contributed by atoms with Crippen LogP contribution in [-0.4, -0.2) is 37.3 Å². The van der Waals surface area contributed by atoms with Gasteiger partial charge in [-0.25, -0.2) is 0 Å². The molecule has 0 saturated carbocycles. The van der Waals surface area contributed by atoms with Gasteiger partial charge in [-0.15, -0.1) is 0 Å². The Morgan fingerprint density at radius 3 is 2.36 bits per heavy atom. The Hall–Kier alpha value is -2.90. The largest absolute Gasteiger partial charge is 0.491 e. The van der Waals surface area contributed by atoms with E-state index >= 15 is 0 Å². The van der Waals surface area contributed by atoms with E-state index in [4.69, 9.17) is 44.3 Å². The SMILES string of the molecule is CCOc1c(Cl)cc([C@@H]2C(C#N)=C(SCC(=O)Nc3ccc(Cl)cc3)NC(=O)[C@H]2C(=O)OC)cc1Cl. The lowest BCUT2D eigenvalue weighted by atomic mass is 9.78. The lowest BCUT2D eigenvalue weighted by molar-refractivity contribution is -0.150. The molecule has 0 bridgehead atoms. The second kappa shape index (κ2) is 12.4. The molecule has 2 N–H and O–H groups in total. The van der Waals surface area contributed by atoms with Gasteiger partial charge in [0, 0.05) is 16.6 Å². The van der Waals surface area contributed by atoms with Crippen LogP contribution in [0.3, 0.4) is 0 Å². The van der Waals surface area contributed by atoms with Crippen molar-refractivity contribution in [3.8, 4) is 11.8 Å². The minimum atomic E-state index is -1.37. The quantitative estimate of drug-likeness (QED) is 0.334. The van der Waals surface area contributed by atoms with E-state index in [9.17, 15) is 19.6 Å². The molecule has 2 atom stereocenters. The molecule has 0 radical (unpaired) electrons. The second-order valence-corrected chi connectivity index (χ2v) is 9.65. The monoisotopic (exact) mass is 567 g/mol. The number of carbonyl (C=O) groups excluding carboxylic acids is 3. The number of anilines is 1. The van der Waals surface area contributed by atoms with Crippen LogP contribution in [0.15, 0.2) is 47.0 Å². The standard InChI is InChI=1S/C24H20Cl3N3O5S/c1-3-35-21-16(26)8-12(9-17(21)27)19-15(10-28)23(30-22(32)20(19)24(33)34-2)36-11-18(31)29-14-6-4-13(25)5-7-14/h4-9,19-20H,3,11H2,1-2H3,(H,29,31)(H,30,32)/t19-,20+/m1/s1. The zero-order valence-corrected chi connectivity index (χ0v) is 22.1. The number of nitrogens with one attached hydrogen (secondary N) is 2. The number of ether oxygens (including phenoxy) is 2. The molecular formula is C24H20Cl3N3O5S. The highest BCUT2D eigenvalue weighted by Gasteiger charge is 2.44. The number of methoxy groups -OCH3 is 1. The predicted molar refractivity (Wildman–Crippen MR) is 139 cm³/mol. The van der Waals surface area contributed by atoms with Crippen LogP contribution in [0.5, 0.6) is 5.75 Å². The maximum atomic E-state index is 13.0. The molecule has 1 aliphatic heterocycles. The number of allylic oxidation sites excluding steroid dienone is 1. The Labute approximate surface area is 226 Å². The first kappa shape index (κ1) is 27.7.